The third-order valence-electron chi connectivity index (χ3n) is 4.21. The lowest BCUT2D eigenvalue weighted by molar-refractivity contribution is -0.137. The summed E-state index contributed by atoms with van der Waals surface area (Å²) < 4.78 is 42.8. The molecule has 0 spiro atoms. The SMILES string of the molecule is FC(F)(F)c1ccc(-n2nnnc2CSc2nnc3sc4ccccc4n23)cc1. The normalized spacial score (nSPS) is 12.2. The zero-order chi connectivity index (χ0) is 20.0. The summed E-state index contributed by atoms with van der Waals surface area (Å²) in [6.45, 7) is 0. The second kappa shape index (κ2) is 6.81. The van der Waals surface area contributed by atoms with Crippen LogP contribution in [0.15, 0.2) is 53.7 Å². The van der Waals surface area contributed by atoms with E-state index < -0.39 is 11.7 Å². The van der Waals surface area contributed by atoms with Gasteiger partial charge in [0.25, 0.3) is 0 Å². The monoisotopic (exact) mass is 433 g/mol. The van der Waals surface area contributed by atoms with Gasteiger partial charge in [-0.05, 0) is 46.8 Å². The van der Waals surface area contributed by atoms with Gasteiger partial charge in [0, 0.05) is 0 Å². The molecule has 12 heteroatoms. The molecule has 7 nitrogen and oxygen atoms in total. The van der Waals surface area contributed by atoms with Gasteiger partial charge in [-0.15, -0.1) is 15.3 Å². The van der Waals surface area contributed by atoms with Gasteiger partial charge in [-0.2, -0.15) is 17.9 Å². The lowest BCUT2D eigenvalue weighted by Gasteiger charge is -2.08. The molecule has 0 amide bonds. The van der Waals surface area contributed by atoms with Gasteiger partial charge in [-0.1, -0.05) is 35.2 Å². The van der Waals surface area contributed by atoms with E-state index in [0.29, 0.717) is 22.4 Å². The van der Waals surface area contributed by atoms with Gasteiger partial charge in [0.15, 0.2) is 11.0 Å². The van der Waals surface area contributed by atoms with Crippen LogP contribution in [0.1, 0.15) is 11.4 Å². The molecule has 29 heavy (non-hydrogen) atoms. The molecule has 0 fully saturated rings. The van der Waals surface area contributed by atoms with Crippen molar-refractivity contribution in [3.63, 3.8) is 0 Å². The third-order valence-corrected chi connectivity index (χ3v) is 6.15. The molecule has 3 heterocycles. The van der Waals surface area contributed by atoms with E-state index in [-0.39, 0.29) is 0 Å². The van der Waals surface area contributed by atoms with E-state index in [9.17, 15) is 13.2 Å². The van der Waals surface area contributed by atoms with Crippen LogP contribution in [0.25, 0.3) is 20.9 Å². The van der Waals surface area contributed by atoms with Crippen LogP contribution < -0.4 is 0 Å². The van der Waals surface area contributed by atoms with Gasteiger partial charge in [0.05, 0.1) is 27.2 Å². The Hall–Kier alpha value is -2.99. The van der Waals surface area contributed by atoms with Crippen molar-refractivity contribution < 1.29 is 13.2 Å². The van der Waals surface area contributed by atoms with E-state index in [0.717, 1.165) is 27.3 Å². The number of halogens is 3. The molecular formula is C17H10F3N7S2. The first-order valence-electron chi connectivity index (χ1n) is 8.31. The summed E-state index contributed by atoms with van der Waals surface area (Å²) in [5.41, 5.74) is 0.744. The molecule has 0 atom stereocenters. The van der Waals surface area contributed by atoms with Crippen LogP contribution in [0.2, 0.25) is 0 Å². The fraction of sp³-hybridized carbons (Fsp3) is 0.118. The fourth-order valence-corrected chi connectivity index (χ4v) is 4.74. The van der Waals surface area contributed by atoms with E-state index in [1.807, 2.05) is 28.7 Å². The molecule has 3 aromatic heterocycles. The zero-order valence-electron chi connectivity index (χ0n) is 14.4. The summed E-state index contributed by atoms with van der Waals surface area (Å²) in [7, 11) is 0. The number of thioether (sulfide) groups is 1. The molecular weight excluding hydrogens is 423 g/mol. The number of benzene rings is 2. The lowest BCUT2D eigenvalue weighted by Crippen LogP contribution is -2.06. The lowest BCUT2D eigenvalue weighted by atomic mass is 10.2. The Morgan fingerprint density at radius 2 is 1.76 bits per heavy atom. The molecule has 0 aliphatic heterocycles. The summed E-state index contributed by atoms with van der Waals surface area (Å²) in [5, 5.41) is 20.7. The van der Waals surface area contributed by atoms with Gasteiger partial charge in [-0.3, -0.25) is 4.40 Å². The van der Waals surface area contributed by atoms with Gasteiger partial charge in [0.1, 0.15) is 0 Å². The average Bonchev–Trinajstić information content (AvgIpc) is 3.41. The van der Waals surface area contributed by atoms with Gasteiger partial charge in [0.2, 0.25) is 4.96 Å². The molecule has 0 N–H and O–H groups in total. The summed E-state index contributed by atoms with van der Waals surface area (Å²) in [4.78, 5) is 0.788. The predicted molar refractivity (Wildman–Crippen MR) is 102 cm³/mol. The first-order chi connectivity index (χ1) is 14.0. The Morgan fingerprint density at radius 1 is 0.966 bits per heavy atom. The number of tetrazole rings is 1. The fourth-order valence-electron chi connectivity index (χ4n) is 2.87. The minimum Gasteiger partial charge on any atom is -0.260 e. The van der Waals surface area contributed by atoms with Gasteiger partial charge < -0.3 is 0 Å². The Morgan fingerprint density at radius 3 is 2.55 bits per heavy atom. The second-order valence-electron chi connectivity index (χ2n) is 6.01. The highest BCUT2D eigenvalue weighted by molar-refractivity contribution is 7.98. The highest BCUT2D eigenvalue weighted by atomic mass is 32.2. The molecule has 2 aromatic carbocycles. The molecule has 0 unspecified atom stereocenters. The Kier molecular flexibility index (Phi) is 4.24. The summed E-state index contributed by atoms with van der Waals surface area (Å²) >= 11 is 2.95. The van der Waals surface area contributed by atoms with Crippen molar-refractivity contribution in [2.75, 3.05) is 0 Å². The van der Waals surface area contributed by atoms with Crippen LogP contribution in [-0.4, -0.2) is 34.8 Å². The van der Waals surface area contributed by atoms with Crippen molar-refractivity contribution in [2.24, 2.45) is 0 Å². The highest BCUT2D eigenvalue weighted by Crippen LogP contribution is 2.31. The van der Waals surface area contributed by atoms with Crippen LogP contribution in [0.3, 0.4) is 0 Å². The van der Waals surface area contributed by atoms with Crippen molar-refractivity contribution in [3.8, 4) is 5.69 Å². The topological polar surface area (TPSA) is 73.8 Å². The number of thiazole rings is 1. The number of aromatic nitrogens is 7. The molecule has 0 aliphatic rings. The zero-order valence-corrected chi connectivity index (χ0v) is 16.0. The smallest absolute Gasteiger partial charge is 0.260 e. The van der Waals surface area contributed by atoms with Crippen LogP contribution in [0.5, 0.6) is 0 Å². The van der Waals surface area contributed by atoms with Crippen molar-refractivity contribution in [1.82, 2.24) is 34.8 Å². The molecule has 146 valence electrons. The van der Waals surface area contributed by atoms with Crippen molar-refractivity contribution in [1.29, 1.82) is 0 Å². The van der Waals surface area contributed by atoms with Crippen molar-refractivity contribution >= 4 is 38.3 Å². The first kappa shape index (κ1) is 18.1. The number of hydrogen-bond acceptors (Lipinski definition) is 7. The van der Waals surface area contributed by atoms with Crippen molar-refractivity contribution in [3.05, 3.63) is 59.9 Å². The summed E-state index contributed by atoms with van der Waals surface area (Å²) in [5.74, 6) is 0.866. The third kappa shape index (κ3) is 3.23. The number of fused-ring (bicyclic) bond motifs is 3. The van der Waals surface area contributed by atoms with Crippen LogP contribution in [-0.2, 0) is 11.9 Å². The minimum atomic E-state index is -4.39. The van der Waals surface area contributed by atoms with E-state index >= 15 is 0 Å². The quantitative estimate of drug-likeness (QED) is 0.395. The number of para-hydroxylation sites is 1. The Balaban J connectivity index is 1.42. The van der Waals surface area contributed by atoms with E-state index in [1.54, 1.807) is 11.3 Å². The predicted octanol–water partition coefficient (Wildman–Crippen LogP) is 4.23. The average molecular weight is 433 g/mol. The molecule has 0 radical (unpaired) electrons. The molecule has 0 aliphatic carbocycles. The van der Waals surface area contributed by atoms with E-state index in [2.05, 4.69) is 25.7 Å². The Labute approximate surface area is 169 Å². The highest BCUT2D eigenvalue weighted by Gasteiger charge is 2.30. The largest absolute Gasteiger partial charge is 0.416 e. The van der Waals surface area contributed by atoms with Crippen LogP contribution in [0, 0.1) is 0 Å². The first-order valence-corrected chi connectivity index (χ1v) is 10.1. The molecule has 5 rings (SSSR count). The molecule has 0 saturated heterocycles. The second-order valence-corrected chi connectivity index (χ2v) is 7.96. The van der Waals surface area contributed by atoms with Crippen molar-refractivity contribution in [2.45, 2.75) is 17.1 Å². The maximum atomic E-state index is 12.8. The maximum Gasteiger partial charge on any atom is 0.416 e. The van der Waals surface area contributed by atoms with E-state index in [4.69, 9.17) is 0 Å². The number of hydrogen-bond donors (Lipinski definition) is 0. The molecule has 0 saturated carbocycles. The van der Waals surface area contributed by atoms with E-state index in [1.165, 1.54) is 28.6 Å². The molecule has 0 bridgehead atoms. The molecule has 5 aromatic rings. The van der Waals surface area contributed by atoms with Gasteiger partial charge in [-0.25, -0.2) is 0 Å². The van der Waals surface area contributed by atoms with Crippen LogP contribution in [0.4, 0.5) is 13.2 Å². The maximum absolute atomic E-state index is 12.8. The number of alkyl halides is 3. The standard InChI is InChI=1S/C17H10F3N7S2/c18-17(19,20)10-5-7-11(8-6-10)27-14(21-24-25-27)9-28-15-22-23-16-26(15)12-3-1-2-4-13(12)29-16/h1-8H,9H2. The number of nitrogens with zero attached hydrogens (tertiary/aromatic N) is 7. The minimum absolute atomic E-state index is 0.374. The number of rotatable bonds is 4. The van der Waals surface area contributed by atoms with Gasteiger partial charge >= 0.3 is 6.18 Å². The summed E-state index contributed by atoms with van der Waals surface area (Å²) in [6.07, 6.45) is -4.39. The Bertz CT molecular complexity index is 1300. The summed E-state index contributed by atoms with van der Waals surface area (Å²) in [6, 6.07) is 12.6. The van der Waals surface area contributed by atoms with Crippen LogP contribution >= 0.6 is 23.1 Å².